The van der Waals surface area contributed by atoms with Crippen LogP contribution >= 0.6 is 0 Å². The fourth-order valence-electron chi connectivity index (χ4n) is 5.05. The molecule has 1 aliphatic heterocycles. The molecule has 1 aliphatic rings. The molecule has 0 spiro atoms. The molecule has 4 aromatic rings. The lowest BCUT2D eigenvalue weighted by atomic mass is 10.1. The van der Waals surface area contributed by atoms with Gasteiger partial charge in [-0.3, -0.25) is 4.79 Å². The van der Waals surface area contributed by atoms with Crippen molar-refractivity contribution in [3.05, 3.63) is 101 Å². The number of aryl methyl sites for hydroxylation is 2. The van der Waals surface area contributed by atoms with Crippen molar-refractivity contribution < 1.29 is 18.7 Å². The number of halogens is 1. The van der Waals surface area contributed by atoms with E-state index in [1.807, 2.05) is 69.3 Å². The molecule has 0 atom stereocenters. The number of rotatable bonds is 5. The third-order valence-corrected chi connectivity index (χ3v) is 7.57. The van der Waals surface area contributed by atoms with E-state index in [1.54, 1.807) is 39.7 Å². The Morgan fingerprint density at radius 3 is 2.15 bits per heavy atom. The Bertz CT molecular complexity index is 1550. The summed E-state index contributed by atoms with van der Waals surface area (Å²) in [5, 5.41) is 2.96. The summed E-state index contributed by atoms with van der Waals surface area (Å²) < 4.78 is 22.1. The van der Waals surface area contributed by atoms with Gasteiger partial charge in [0.05, 0.1) is 24.1 Å². The minimum Gasteiger partial charge on any atom is -0.497 e. The van der Waals surface area contributed by atoms with Crippen LogP contribution in [0.1, 0.15) is 27.2 Å². The number of benzene rings is 3. The number of hydrogen-bond donors (Lipinski definition) is 1. The van der Waals surface area contributed by atoms with Crippen molar-refractivity contribution in [1.29, 1.82) is 0 Å². The Labute approximate surface area is 233 Å². The molecule has 7 nitrogen and oxygen atoms in total. The molecular weight excluding hydrogens is 507 g/mol. The van der Waals surface area contributed by atoms with Gasteiger partial charge in [0.15, 0.2) is 0 Å². The van der Waals surface area contributed by atoms with Gasteiger partial charge < -0.3 is 24.4 Å². The van der Waals surface area contributed by atoms with Crippen LogP contribution in [0.2, 0.25) is 0 Å². The Morgan fingerprint density at radius 2 is 1.50 bits per heavy atom. The number of piperazine rings is 1. The first-order valence-electron chi connectivity index (χ1n) is 13.3. The first-order chi connectivity index (χ1) is 19.3. The predicted molar refractivity (Wildman–Crippen MR) is 155 cm³/mol. The number of para-hydroxylation sites is 1. The fourth-order valence-corrected chi connectivity index (χ4v) is 5.05. The third-order valence-electron chi connectivity index (χ3n) is 7.57. The highest BCUT2D eigenvalue weighted by Gasteiger charge is 2.28. The zero-order valence-corrected chi connectivity index (χ0v) is 23.2. The van der Waals surface area contributed by atoms with Crippen molar-refractivity contribution in [1.82, 2.24) is 14.4 Å². The quantitative estimate of drug-likeness (QED) is 0.327. The maximum Gasteiger partial charge on any atom is 0.321 e. The van der Waals surface area contributed by atoms with Gasteiger partial charge in [0.25, 0.3) is 5.91 Å². The second-order valence-electron chi connectivity index (χ2n) is 10.1. The molecule has 1 saturated heterocycles. The zero-order valence-electron chi connectivity index (χ0n) is 23.2. The summed E-state index contributed by atoms with van der Waals surface area (Å²) in [6, 6.07) is 21.5. The summed E-state index contributed by atoms with van der Waals surface area (Å²) in [5.74, 6) is 0.190. The predicted octanol–water partition coefficient (Wildman–Crippen LogP) is 6.21. The van der Waals surface area contributed by atoms with Gasteiger partial charge in [-0.2, -0.15) is 0 Å². The monoisotopic (exact) mass is 540 g/mol. The summed E-state index contributed by atoms with van der Waals surface area (Å²) in [6.07, 6.45) is 0. The van der Waals surface area contributed by atoms with Crippen LogP contribution in [0.4, 0.5) is 14.9 Å². The molecule has 0 unspecified atom stereocenters. The number of carbonyl (C=O) groups excluding carboxylic acids is 2. The number of anilines is 1. The molecule has 206 valence electrons. The maximum atomic E-state index is 15.0. The Morgan fingerprint density at radius 1 is 0.825 bits per heavy atom. The first kappa shape index (κ1) is 27.0. The Balaban J connectivity index is 1.37. The highest BCUT2D eigenvalue weighted by atomic mass is 19.1. The van der Waals surface area contributed by atoms with Gasteiger partial charge >= 0.3 is 6.03 Å². The Hall–Kier alpha value is -4.59. The number of hydrogen-bond acceptors (Lipinski definition) is 3. The molecule has 5 rings (SSSR count). The summed E-state index contributed by atoms with van der Waals surface area (Å²) in [4.78, 5) is 30.1. The highest BCUT2D eigenvalue weighted by Crippen LogP contribution is 2.32. The van der Waals surface area contributed by atoms with Crippen LogP contribution in [0, 0.1) is 26.6 Å². The average Bonchev–Trinajstić information content (AvgIpc) is 3.31. The lowest BCUT2D eigenvalue weighted by Gasteiger charge is -2.34. The molecular formula is C32H33FN4O3. The molecule has 2 heterocycles. The lowest BCUT2D eigenvalue weighted by Crippen LogP contribution is -2.51. The van der Waals surface area contributed by atoms with E-state index in [0.717, 1.165) is 16.8 Å². The SMILES string of the molecule is COc1ccc(-c2cc(C(=O)N3CCN(C(=O)Nc4ccc(C)c(C)c4)CC3)c(C)n2-c2ccccc2F)cc1. The normalized spacial score (nSPS) is 13.3. The van der Waals surface area contributed by atoms with Crippen LogP contribution < -0.4 is 10.1 Å². The second kappa shape index (κ2) is 11.3. The second-order valence-corrected chi connectivity index (χ2v) is 10.1. The molecule has 1 aromatic heterocycles. The summed E-state index contributed by atoms with van der Waals surface area (Å²) >= 11 is 0. The number of aromatic nitrogens is 1. The van der Waals surface area contributed by atoms with Crippen molar-refractivity contribution in [3.63, 3.8) is 0 Å². The molecule has 0 aliphatic carbocycles. The van der Waals surface area contributed by atoms with E-state index in [0.29, 0.717) is 54.6 Å². The number of urea groups is 1. The summed E-state index contributed by atoms with van der Waals surface area (Å²) in [5.41, 5.74) is 6.09. The van der Waals surface area contributed by atoms with Crippen molar-refractivity contribution in [2.24, 2.45) is 0 Å². The summed E-state index contributed by atoms with van der Waals surface area (Å²) in [7, 11) is 1.60. The van der Waals surface area contributed by atoms with E-state index in [-0.39, 0.29) is 17.8 Å². The van der Waals surface area contributed by atoms with E-state index >= 15 is 0 Å². The van der Waals surface area contributed by atoms with Gasteiger partial charge in [-0.05, 0) is 92.1 Å². The van der Waals surface area contributed by atoms with Gasteiger partial charge in [0.1, 0.15) is 11.6 Å². The van der Waals surface area contributed by atoms with E-state index in [9.17, 15) is 14.0 Å². The molecule has 0 radical (unpaired) electrons. The standard InChI is InChI=1S/C32H33FN4O3/c1-21-9-12-25(19-22(21)2)34-32(39)36-17-15-35(16-18-36)31(38)27-20-30(24-10-13-26(40-4)14-11-24)37(23(27)3)29-8-6-5-7-28(29)33/h5-14,19-20H,15-18H2,1-4H3,(H,34,39). The number of ether oxygens (including phenoxy) is 1. The average molecular weight is 541 g/mol. The van der Waals surface area contributed by atoms with E-state index in [1.165, 1.54) is 11.6 Å². The molecule has 1 fully saturated rings. The molecule has 40 heavy (non-hydrogen) atoms. The first-order valence-corrected chi connectivity index (χ1v) is 13.3. The van der Waals surface area contributed by atoms with Crippen LogP contribution in [-0.2, 0) is 0 Å². The maximum absolute atomic E-state index is 15.0. The number of carbonyl (C=O) groups is 2. The van der Waals surface area contributed by atoms with Crippen molar-refractivity contribution in [2.45, 2.75) is 20.8 Å². The van der Waals surface area contributed by atoms with E-state index in [2.05, 4.69) is 5.32 Å². The van der Waals surface area contributed by atoms with Gasteiger partial charge in [-0.1, -0.05) is 18.2 Å². The van der Waals surface area contributed by atoms with Crippen LogP contribution in [0.15, 0.2) is 72.8 Å². The molecule has 8 heteroatoms. The highest BCUT2D eigenvalue weighted by molar-refractivity contribution is 5.98. The molecule has 3 aromatic carbocycles. The summed E-state index contributed by atoms with van der Waals surface area (Å²) in [6.45, 7) is 7.52. The number of nitrogens with one attached hydrogen (secondary N) is 1. The smallest absolute Gasteiger partial charge is 0.321 e. The number of methoxy groups -OCH3 is 1. The largest absolute Gasteiger partial charge is 0.497 e. The lowest BCUT2D eigenvalue weighted by molar-refractivity contribution is 0.0671. The minimum absolute atomic E-state index is 0.142. The number of amides is 3. The van der Waals surface area contributed by atoms with E-state index < -0.39 is 0 Å². The molecule has 3 amide bonds. The van der Waals surface area contributed by atoms with Crippen LogP contribution in [0.25, 0.3) is 16.9 Å². The van der Waals surface area contributed by atoms with Gasteiger partial charge in [-0.25, -0.2) is 9.18 Å². The van der Waals surface area contributed by atoms with Crippen LogP contribution in [0.3, 0.4) is 0 Å². The molecule has 0 bridgehead atoms. The number of nitrogens with zero attached hydrogens (tertiary/aromatic N) is 3. The van der Waals surface area contributed by atoms with Gasteiger partial charge in [0.2, 0.25) is 0 Å². The van der Waals surface area contributed by atoms with Crippen molar-refractivity contribution in [3.8, 4) is 22.7 Å². The van der Waals surface area contributed by atoms with E-state index in [4.69, 9.17) is 4.74 Å². The van der Waals surface area contributed by atoms with Gasteiger partial charge in [0, 0.05) is 37.6 Å². The third kappa shape index (κ3) is 5.30. The topological polar surface area (TPSA) is 66.8 Å². The zero-order chi connectivity index (χ0) is 28.4. The van der Waals surface area contributed by atoms with Gasteiger partial charge in [-0.15, -0.1) is 0 Å². The fraction of sp³-hybridized carbons (Fsp3) is 0.250. The van der Waals surface area contributed by atoms with Crippen molar-refractivity contribution >= 4 is 17.6 Å². The molecule has 1 N–H and O–H groups in total. The van der Waals surface area contributed by atoms with Crippen molar-refractivity contribution in [2.75, 3.05) is 38.6 Å². The van der Waals surface area contributed by atoms with Crippen LogP contribution in [-0.4, -0.2) is 59.6 Å². The Kier molecular flexibility index (Phi) is 7.60. The minimum atomic E-state index is -0.377. The molecule has 0 saturated carbocycles. The van der Waals surface area contributed by atoms with Crippen LogP contribution in [0.5, 0.6) is 5.75 Å².